The predicted molar refractivity (Wildman–Crippen MR) is 300 cm³/mol. The van der Waals surface area contributed by atoms with Crippen molar-refractivity contribution in [2.45, 2.75) is 129 Å². The molecule has 0 saturated heterocycles. The number of fused-ring (bicyclic) bond motifs is 4. The van der Waals surface area contributed by atoms with E-state index in [0.717, 1.165) is 11.8 Å². The van der Waals surface area contributed by atoms with Crippen LogP contribution in [0.5, 0.6) is 0 Å². The Kier molecular flexibility index (Phi) is 10.6. The third-order valence-corrected chi connectivity index (χ3v) is 21.2. The molecule has 0 N–H and O–H groups in total. The molecule has 0 aromatic heterocycles. The van der Waals surface area contributed by atoms with E-state index in [2.05, 4.69) is 236 Å². The lowest BCUT2D eigenvalue weighted by Crippen LogP contribution is -2.55. The molecule has 0 heterocycles. The van der Waals surface area contributed by atoms with Crippen LogP contribution in [-0.2, 0) is 16.2 Å². The standard InChI is InChI=1S/C64H74N2Si2/c1-62(2,3)46-14-19-50(20-15-46)65(52-23-28-56(29-24-52)67(7,8)9)54-18-13-44-39-59-58-32-27-55(41-61(58)64(60(59)40-45(44)38-54)48-34-42-33-43(36-48)37-49(64)35-42)66(51-21-16-47(17-22-51)63(4,5)6)53-25-30-57(31-26-53)68(10,11)12/h13-32,38-43,48-49H,33-37H2,1-12H3. The van der Waals surface area contributed by atoms with E-state index in [0.29, 0.717) is 11.8 Å². The van der Waals surface area contributed by atoms with Crippen LogP contribution in [0.4, 0.5) is 34.1 Å². The van der Waals surface area contributed by atoms with Gasteiger partial charge in [-0.2, -0.15) is 0 Å². The van der Waals surface area contributed by atoms with E-state index in [-0.39, 0.29) is 16.2 Å². The molecule has 7 aromatic carbocycles. The number of hydrogen-bond acceptors (Lipinski definition) is 2. The first-order valence-electron chi connectivity index (χ1n) is 25.9. The summed E-state index contributed by atoms with van der Waals surface area (Å²) in [5, 5.41) is 5.66. The van der Waals surface area contributed by atoms with E-state index in [4.69, 9.17) is 0 Å². The molecule has 12 rings (SSSR count). The Morgan fingerprint density at radius 1 is 0.382 bits per heavy atom. The van der Waals surface area contributed by atoms with Crippen LogP contribution in [0.15, 0.2) is 146 Å². The zero-order chi connectivity index (χ0) is 47.7. The zero-order valence-electron chi connectivity index (χ0n) is 43.1. The average Bonchev–Trinajstić information content (AvgIpc) is 3.55. The maximum atomic E-state index is 2.68. The zero-order valence-corrected chi connectivity index (χ0v) is 45.1. The molecule has 4 saturated carbocycles. The molecule has 4 bridgehead atoms. The van der Waals surface area contributed by atoms with Crippen molar-refractivity contribution in [2.75, 3.05) is 9.80 Å². The van der Waals surface area contributed by atoms with E-state index in [1.165, 1.54) is 110 Å². The molecule has 68 heavy (non-hydrogen) atoms. The van der Waals surface area contributed by atoms with Crippen LogP contribution < -0.4 is 20.2 Å². The smallest absolute Gasteiger partial charge is 0.0775 e. The van der Waals surface area contributed by atoms with Gasteiger partial charge in [-0.1, -0.05) is 152 Å². The highest BCUT2D eigenvalue weighted by Crippen LogP contribution is 2.70. The van der Waals surface area contributed by atoms with Gasteiger partial charge in [-0.25, -0.2) is 0 Å². The van der Waals surface area contributed by atoms with Crippen molar-refractivity contribution < 1.29 is 0 Å². The van der Waals surface area contributed by atoms with Gasteiger partial charge >= 0.3 is 0 Å². The fourth-order valence-electron chi connectivity index (χ4n) is 13.5. The van der Waals surface area contributed by atoms with Crippen LogP contribution in [0.25, 0.3) is 21.9 Å². The molecule has 5 aliphatic rings. The molecule has 0 atom stereocenters. The summed E-state index contributed by atoms with van der Waals surface area (Å²) >= 11 is 0. The SMILES string of the molecule is CC(C)(C)c1ccc(N(c2ccc([Si](C)(C)C)cc2)c2ccc3c(c2)C2(c4cc5cc(N(c6ccc(C(C)(C)C)cc6)c6ccc([Si](C)(C)C)cc6)ccc5cc4-3)C3CC4CC(C3)CC2C4)cc1. The third kappa shape index (κ3) is 7.64. The van der Waals surface area contributed by atoms with Gasteiger partial charge in [-0.3, -0.25) is 0 Å². The van der Waals surface area contributed by atoms with E-state index in [9.17, 15) is 0 Å². The van der Waals surface area contributed by atoms with Crippen molar-refractivity contribution in [3.8, 4) is 11.1 Å². The first-order valence-corrected chi connectivity index (χ1v) is 32.9. The van der Waals surface area contributed by atoms with Gasteiger partial charge in [-0.15, -0.1) is 0 Å². The Bertz CT molecular complexity index is 2880. The Morgan fingerprint density at radius 3 is 1.19 bits per heavy atom. The van der Waals surface area contributed by atoms with Crippen molar-refractivity contribution in [1.82, 2.24) is 0 Å². The van der Waals surface area contributed by atoms with Crippen LogP contribution >= 0.6 is 0 Å². The summed E-state index contributed by atoms with van der Waals surface area (Å²) in [6.07, 6.45) is 6.87. The molecule has 4 fully saturated rings. The fraction of sp³-hybridized carbons (Fsp3) is 0.375. The number of anilines is 6. The molecule has 1 spiro atoms. The first-order chi connectivity index (χ1) is 32.2. The topological polar surface area (TPSA) is 6.48 Å². The lowest BCUT2D eigenvalue weighted by atomic mass is 9.43. The van der Waals surface area contributed by atoms with Crippen LogP contribution in [0, 0.1) is 23.7 Å². The maximum absolute atomic E-state index is 2.68. The van der Waals surface area contributed by atoms with Gasteiger partial charge in [-0.05, 0) is 196 Å². The van der Waals surface area contributed by atoms with Crippen molar-refractivity contribution in [2.24, 2.45) is 23.7 Å². The maximum Gasteiger partial charge on any atom is 0.0775 e. The lowest BCUT2D eigenvalue weighted by molar-refractivity contribution is -0.0398. The molecule has 0 radical (unpaired) electrons. The summed E-state index contributed by atoms with van der Waals surface area (Å²) in [4.78, 5) is 5.04. The van der Waals surface area contributed by atoms with E-state index >= 15 is 0 Å². The van der Waals surface area contributed by atoms with E-state index < -0.39 is 16.1 Å². The van der Waals surface area contributed by atoms with Gasteiger partial charge in [0.15, 0.2) is 0 Å². The molecule has 2 nitrogen and oxygen atoms in total. The van der Waals surface area contributed by atoms with Gasteiger partial charge < -0.3 is 9.80 Å². The van der Waals surface area contributed by atoms with Crippen LogP contribution in [-0.4, -0.2) is 16.1 Å². The number of benzene rings is 7. The van der Waals surface area contributed by atoms with Gasteiger partial charge in [0.2, 0.25) is 0 Å². The Morgan fingerprint density at radius 2 is 0.765 bits per heavy atom. The monoisotopic (exact) mass is 927 g/mol. The minimum Gasteiger partial charge on any atom is -0.310 e. The molecule has 7 aromatic rings. The van der Waals surface area contributed by atoms with Crippen molar-refractivity contribution in [3.63, 3.8) is 0 Å². The molecule has 0 amide bonds. The van der Waals surface area contributed by atoms with Gasteiger partial charge in [0.25, 0.3) is 0 Å². The summed E-state index contributed by atoms with van der Waals surface area (Å²) in [6.45, 7) is 28.5. The Labute approximate surface area is 410 Å². The molecule has 348 valence electrons. The molecule has 0 unspecified atom stereocenters. The molecule has 0 aliphatic heterocycles. The second-order valence-corrected chi connectivity index (χ2v) is 35.8. The largest absolute Gasteiger partial charge is 0.310 e. The molecule has 5 aliphatic carbocycles. The van der Waals surface area contributed by atoms with E-state index in [1.807, 2.05) is 0 Å². The summed E-state index contributed by atoms with van der Waals surface area (Å²) in [5.74, 6) is 3.07. The number of rotatable bonds is 8. The first kappa shape index (κ1) is 45.3. The van der Waals surface area contributed by atoms with E-state index in [1.54, 1.807) is 11.1 Å². The highest BCUT2D eigenvalue weighted by molar-refractivity contribution is 6.89. The summed E-state index contributed by atoms with van der Waals surface area (Å²) in [6, 6.07) is 58.0. The van der Waals surface area contributed by atoms with Crippen molar-refractivity contribution in [3.05, 3.63) is 168 Å². The Hall–Kier alpha value is -5.17. The Balaban J connectivity index is 1.07. The summed E-state index contributed by atoms with van der Waals surface area (Å²) in [7, 11) is -2.94. The van der Waals surface area contributed by atoms with Crippen LogP contribution in [0.1, 0.15) is 95.9 Å². The third-order valence-electron chi connectivity index (χ3n) is 17.1. The molecule has 4 heteroatoms. The van der Waals surface area contributed by atoms with Gasteiger partial charge in [0, 0.05) is 39.5 Å². The predicted octanol–water partition coefficient (Wildman–Crippen LogP) is 17.2. The van der Waals surface area contributed by atoms with Crippen LogP contribution in [0.3, 0.4) is 0 Å². The van der Waals surface area contributed by atoms with Gasteiger partial charge in [0.05, 0.1) is 16.1 Å². The molecular weight excluding hydrogens is 853 g/mol. The lowest BCUT2D eigenvalue weighted by Gasteiger charge is -2.61. The van der Waals surface area contributed by atoms with Crippen LogP contribution in [0.2, 0.25) is 39.3 Å². The highest BCUT2D eigenvalue weighted by Gasteiger charge is 2.61. The minimum atomic E-state index is -1.47. The number of nitrogens with zero attached hydrogens (tertiary/aromatic N) is 2. The summed E-state index contributed by atoms with van der Waals surface area (Å²) in [5.41, 5.74) is 16.4. The van der Waals surface area contributed by atoms with Gasteiger partial charge in [0.1, 0.15) is 0 Å². The number of hydrogen-bond donors (Lipinski definition) is 0. The quantitative estimate of drug-likeness (QED) is 0.140. The molecular formula is C64H74N2Si2. The second kappa shape index (κ2) is 15.9. The van der Waals surface area contributed by atoms with Crippen molar-refractivity contribution >= 4 is 71.4 Å². The van der Waals surface area contributed by atoms with Crippen molar-refractivity contribution in [1.29, 1.82) is 0 Å². The normalized spacial score (nSPS) is 21.9. The minimum absolute atomic E-state index is 0.0108. The fourth-order valence-corrected chi connectivity index (χ4v) is 15.9. The average molecular weight is 927 g/mol. The highest BCUT2D eigenvalue weighted by atomic mass is 28.3. The second-order valence-electron chi connectivity index (χ2n) is 25.7. The summed E-state index contributed by atoms with van der Waals surface area (Å²) < 4.78 is 0.